The van der Waals surface area contributed by atoms with Gasteiger partial charge in [0.05, 0.1) is 12.6 Å². The number of nitrogens with zero attached hydrogens (tertiary/aromatic N) is 1. The molecule has 1 amide bonds. The molecule has 1 N–H and O–H groups in total. The van der Waals surface area contributed by atoms with Gasteiger partial charge in [-0.2, -0.15) is 4.37 Å². The van der Waals surface area contributed by atoms with E-state index in [0.29, 0.717) is 37.3 Å². The second-order valence-corrected chi connectivity index (χ2v) is 6.02. The molecule has 0 spiro atoms. The van der Waals surface area contributed by atoms with Crippen LogP contribution in [0.25, 0.3) is 0 Å². The molecule has 3 rings (SSSR count). The van der Waals surface area contributed by atoms with Gasteiger partial charge in [-0.1, -0.05) is 12.1 Å². The van der Waals surface area contributed by atoms with E-state index in [1.165, 1.54) is 18.6 Å². The van der Waals surface area contributed by atoms with Crippen LogP contribution in [0.3, 0.4) is 0 Å². The van der Waals surface area contributed by atoms with Crippen molar-refractivity contribution in [3.8, 4) is 5.75 Å². The number of halogens is 1. The van der Waals surface area contributed by atoms with Crippen LogP contribution in [0.1, 0.15) is 28.9 Å². The predicted octanol–water partition coefficient (Wildman–Crippen LogP) is 2.73. The van der Waals surface area contributed by atoms with Crippen molar-refractivity contribution in [2.75, 3.05) is 20.3 Å². The third kappa shape index (κ3) is 3.07. The van der Waals surface area contributed by atoms with Crippen molar-refractivity contribution in [1.29, 1.82) is 0 Å². The Balaban J connectivity index is 1.98. The van der Waals surface area contributed by atoms with Gasteiger partial charge in [0.2, 0.25) is 0 Å². The lowest BCUT2D eigenvalue weighted by Gasteiger charge is -2.38. The van der Waals surface area contributed by atoms with E-state index in [1.54, 1.807) is 29.6 Å². The number of amides is 1. The number of rotatable bonds is 4. The zero-order valence-electron chi connectivity index (χ0n) is 12.7. The molecule has 0 radical (unpaired) electrons. The predicted molar refractivity (Wildman–Crippen MR) is 84.3 cm³/mol. The molecule has 0 saturated carbocycles. The summed E-state index contributed by atoms with van der Waals surface area (Å²) >= 11 is 1.20. The quantitative estimate of drug-likeness (QED) is 0.933. The molecule has 1 aromatic heterocycles. The van der Waals surface area contributed by atoms with Crippen LogP contribution in [0.4, 0.5) is 4.39 Å². The minimum Gasteiger partial charge on any atom is -0.494 e. The van der Waals surface area contributed by atoms with Crippen LogP contribution in [0.2, 0.25) is 0 Å². The normalized spacial score (nSPS) is 16.8. The minimum absolute atomic E-state index is 0.163. The van der Waals surface area contributed by atoms with Gasteiger partial charge in [-0.3, -0.25) is 4.79 Å². The molecule has 0 atom stereocenters. The molecule has 1 saturated heterocycles. The van der Waals surface area contributed by atoms with Crippen LogP contribution in [0, 0.1) is 5.82 Å². The van der Waals surface area contributed by atoms with E-state index in [2.05, 4.69) is 9.69 Å². The SMILES string of the molecule is COc1cccc(C2(NC(=O)c3ccsn3)CCOCC2)c1F. The number of aromatic nitrogens is 1. The molecule has 1 aromatic carbocycles. The summed E-state index contributed by atoms with van der Waals surface area (Å²) in [5, 5.41) is 4.71. The van der Waals surface area contributed by atoms with Gasteiger partial charge in [0.15, 0.2) is 11.6 Å². The molecule has 2 heterocycles. The van der Waals surface area contributed by atoms with Crippen LogP contribution >= 0.6 is 11.5 Å². The van der Waals surface area contributed by atoms with E-state index in [4.69, 9.17) is 9.47 Å². The van der Waals surface area contributed by atoms with Crippen LogP contribution in [-0.2, 0) is 10.3 Å². The summed E-state index contributed by atoms with van der Waals surface area (Å²) in [6.07, 6.45) is 0.986. The van der Waals surface area contributed by atoms with Gasteiger partial charge in [0.1, 0.15) is 5.69 Å². The zero-order valence-corrected chi connectivity index (χ0v) is 13.5. The van der Waals surface area contributed by atoms with Crippen LogP contribution in [0.5, 0.6) is 5.75 Å². The summed E-state index contributed by atoms with van der Waals surface area (Å²) in [6, 6.07) is 6.62. The third-order valence-electron chi connectivity index (χ3n) is 4.07. The number of hydrogen-bond acceptors (Lipinski definition) is 5. The first-order valence-electron chi connectivity index (χ1n) is 7.30. The van der Waals surface area contributed by atoms with Gasteiger partial charge in [-0.25, -0.2) is 4.39 Å². The minimum atomic E-state index is -0.822. The molecule has 1 fully saturated rings. The summed E-state index contributed by atoms with van der Waals surface area (Å²) < 4.78 is 29.3. The Morgan fingerprint density at radius 2 is 2.17 bits per heavy atom. The van der Waals surface area contributed by atoms with Gasteiger partial charge in [0, 0.05) is 24.2 Å². The van der Waals surface area contributed by atoms with Crippen molar-refractivity contribution in [3.63, 3.8) is 0 Å². The fourth-order valence-electron chi connectivity index (χ4n) is 2.83. The van der Waals surface area contributed by atoms with Gasteiger partial charge < -0.3 is 14.8 Å². The fraction of sp³-hybridized carbons (Fsp3) is 0.375. The molecule has 2 aromatic rings. The average molecular weight is 336 g/mol. The van der Waals surface area contributed by atoms with Crippen molar-refractivity contribution in [3.05, 3.63) is 46.7 Å². The number of hydrogen-bond donors (Lipinski definition) is 1. The van der Waals surface area contributed by atoms with Gasteiger partial charge in [-0.05, 0) is 36.5 Å². The van der Waals surface area contributed by atoms with Crippen molar-refractivity contribution < 1.29 is 18.7 Å². The maximum absolute atomic E-state index is 14.8. The van der Waals surface area contributed by atoms with E-state index >= 15 is 0 Å². The van der Waals surface area contributed by atoms with Crippen molar-refractivity contribution in [1.82, 2.24) is 9.69 Å². The highest BCUT2D eigenvalue weighted by molar-refractivity contribution is 7.03. The van der Waals surface area contributed by atoms with E-state index in [1.807, 2.05) is 0 Å². The summed E-state index contributed by atoms with van der Waals surface area (Å²) in [6.45, 7) is 0.905. The lowest BCUT2D eigenvalue weighted by atomic mass is 9.82. The highest BCUT2D eigenvalue weighted by Gasteiger charge is 2.39. The number of carbonyl (C=O) groups excluding carboxylic acids is 1. The first-order valence-corrected chi connectivity index (χ1v) is 8.13. The largest absolute Gasteiger partial charge is 0.494 e. The average Bonchev–Trinajstić information content (AvgIpc) is 3.10. The second kappa shape index (κ2) is 6.64. The van der Waals surface area contributed by atoms with Crippen molar-refractivity contribution in [2.45, 2.75) is 18.4 Å². The monoisotopic (exact) mass is 336 g/mol. The molecule has 7 heteroatoms. The maximum Gasteiger partial charge on any atom is 0.271 e. The van der Waals surface area contributed by atoms with Gasteiger partial charge in [0.25, 0.3) is 5.91 Å². The first kappa shape index (κ1) is 15.9. The van der Waals surface area contributed by atoms with E-state index in [-0.39, 0.29) is 11.7 Å². The number of benzene rings is 1. The second-order valence-electron chi connectivity index (χ2n) is 5.36. The smallest absolute Gasteiger partial charge is 0.271 e. The molecule has 0 bridgehead atoms. The standard InChI is InChI=1S/C16H17FN2O3S/c1-21-13-4-2-3-11(14(13)17)16(6-8-22-9-7-16)18-15(20)12-5-10-23-19-12/h2-5,10H,6-9H2,1H3,(H,18,20). The molecule has 0 aliphatic carbocycles. The summed E-state index contributed by atoms with van der Waals surface area (Å²) in [4.78, 5) is 12.5. The van der Waals surface area contributed by atoms with Gasteiger partial charge in [-0.15, -0.1) is 0 Å². The number of carbonyl (C=O) groups is 1. The zero-order chi connectivity index (χ0) is 16.3. The summed E-state index contributed by atoms with van der Waals surface area (Å²) in [5.41, 5.74) is -0.0645. The Morgan fingerprint density at radius 3 is 2.83 bits per heavy atom. The third-order valence-corrected chi connectivity index (χ3v) is 4.63. The molecular weight excluding hydrogens is 319 g/mol. The lowest BCUT2D eigenvalue weighted by Crippen LogP contribution is -2.50. The Labute approximate surface area is 137 Å². The summed E-state index contributed by atoms with van der Waals surface area (Å²) in [5.74, 6) is -0.595. The number of methoxy groups -OCH3 is 1. The van der Waals surface area contributed by atoms with E-state index in [9.17, 15) is 9.18 Å². The highest BCUT2D eigenvalue weighted by atomic mass is 32.1. The molecule has 5 nitrogen and oxygen atoms in total. The Kier molecular flexibility index (Phi) is 4.58. The van der Waals surface area contributed by atoms with E-state index in [0.717, 1.165) is 0 Å². The Hall–Kier alpha value is -1.99. The molecule has 1 aliphatic heterocycles. The van der Waals surface area contributed by atoms with E-state index < -0.39 is 11.4 Å². The maximum atomic E-state index is 14.8. The highest BCUT2D eigenvalue weighted by Crippen LogP contribution is 2.36. The van der Waals surface area contributed by atoms with Crippen LogP contribution < -0.4 is 10.1 Å². The molecule has 23 heavy (non-hydrogen) atoms. The Morgan fingerprint density at radius 1 is 1.39 bits per heavy atom. The molecular formula is C16H17FN2O3S. The first-order chi connectivity index (χ1) is 11.2. The fourth-order valence-corrected chi connectivity index (χ4v) is 3.34. The lowest BCUT2D eigenvalue weighted by molar-refractivity contribution is 0.0330. The molecule has 122 valence electrons. The topological polar surface area (TPSA) is 60.5 Å². The van der Waals surface area contributed by atoms with Crippen LogP contribution in [-0.4, -0.2) is 30.6 Å². The van der Waals surface area contributed by atoms with Gasteiger partial charge >= 0.3 is 0 Å². The summed E-state index contributed by atoms with van der Waals surface area (Å²) in [7, 11) is 1.42. The molecule has 0 unspecified atom stereocenters. The number of ether oxygens (including phenoxy) is 2. The molecule has 1 aliphatic rings. The van der Waals surface area contributed by atoms with Crippen molar-refractivity contribution >= 4 is 17.4 Å². The van der Waals surface area contributed by atoms with Crippen molar-refractivity contribution in [2.24, 2.45) is 0 Å². The Bertz CT molecular complexity index is 685. The van der Waals surface area contributed by atoms with Crippen LogP contribution in [0.15, 0.2) is 29.6 Å². The number of nitrogens with one attached hydrogen (secondary N) is 1.